The number of carboxylic acid groups (broad SMARTS) is 1. The molecule has 0 radical (unpaired) electrons. The summed E-state index contributed by atoms with van der Waals surface area (Å²) >= 11 is 1.03. The number of rotatable bonds is 6. The number of amides is 1. The van der Waals surface area contributed by atoms with Gasteiger partial charge < -0.3 is 15.5 Å². The van der Waals surface area contributed by atoms with E-state index in [1.54, 1.807) is 12.1 Å². The molecule has 1 unspecified atom stereocenters. The summed E-state index contributed by atoms with van der Waals surface area (Å²) in [6, 6.07) is 14.7. The van der Waals surface area contributed by atoms with Gasteiger partial charge in [-0.15, -0.1) is 0 Å². The zero-order valence-electron chi connectivity index (χ0n) is 12.3. The first-order valence-corrected chi connectivity index (χ1v) is 8.01. The molecule has 1 amide bonds. The van der Waals surface area contributed by atoms with Crippen LogP contribution in [0.2, 0.25) is 0 Å². The lowest BCUT2D eigenvalue weighted by atomic mass is 10.1. The van der Waals surface area contributed by atoms with Crippen molar-refractivity contribution >= 4 is 23.0 Å². The molecule has 2 aromatic carbocycles. The van der Waals surface area contributed by atoms with Crippen molar-refractivity contribution in [2.24, 2.45) is 0 Å². The average Bonchev–Trinajstić information content (AvgIpc) is 2.55. The molecule has 0 aliphatic heterocycles. The summed E-state index contributed by atoms with van der Waals surface area (Å²) in [5, 5.41) is 20.6. The number of benzene rings is 2. The fourth-order valence-corrected chi connectivity index (χ4v) is 2.69. The Labute approximate surface area is 138 Å². The van der Waals surface area contributed by atoms with Crippen molar-refractivity contribution in [2.75, 3.05) is 0 Å². The van der Waals surface area contributed by atoms with Crippen LogP contribution in [0.1, 0.15) is 11.1 Å². The van der Waals surface area contributed by atoms with E-state index < -0.39 is 12.0 Å². The van der Waals surface area contributed by atoms with E-state index in [0.717, 1.165) is 22.9 Å². The number of hydrogen-bond acceptors (Lipinski definition) is 4. The number of aromatic hydroxyl groups is 1. The molecule has 0 saturated carbocycles. The molecule has 0 aliphatic carbocycles. The molecular formula is C17H17NO4S. The van der Waals surface area contributed by atoms with Crippen LogP contribution in [0, 0.1) is 0 Å². The van der Waals surface area contributed by atoms with Crippen molar-refractivity contribution in [3.05, 3.63) is 65.7 Å². The first-order valence-electron chi connectivity index (χ1n) is 7.02. The number of nitrogens with one attached hydrogen (secondary N) is 1. The van der Waals surface area contributed by atoms with Gasteiger partial charge in [0, 0.05) is 12.2 Å². The van der Waals surface area contributed by atoms with Crippen LogP contribution in [-0.4, -0.2) is 27.5 Å². The summed E-state index contributed by atoms with van der Waals surface area (Å²) in [7, 11) is 0. The minimum Gasteiger partial charge on any atom is -0.508 e. The van der Waals surface area contributed by atoms with E-state index in [0.29, 0.717) is 5.75 Å². The SMILES string of the molecule is O=C(NC(Cc1ccc(O)cc1)C(=O)O)SCc1ccccc1. The first-order chi connectivity index (χ1) is 11.0. The Kier molecular flexibility index (Phi) is 6.05. The van der Waals surface area contributed by atoms with E-state index >= 15 is 0 Å². The molecule has 0 aromatic heterocycles. The number of carbonyl (C=O) groups excluding carboxylic acids is 1. The van der Waals surface area contributed by atoms with Crippen molar-refractivity contribution in [3.8, 4) is 5.75 Å². The lowest BCUT2D eigenvalue weighted by Crippen LogP contribution is -2.40. The maximum Gasteiger partial charge on any atom is 0.326 e. The maximum absolute atomic E-state index is 11.9. The predicted molar refractivity (Wildman–Crippen MR) is 89.5 cm³/mol. The van der Waals surface area contributed by atoms with Crippen LogP contribution in [-0.2, 0) is 17.0 Å². The molecule has 23 heavy (non-hydrogen) atoms. The molecule has 5 nitrogen and oxygen atoms in total. The second kappa shape index (κ2) is 8.24. The Balaban J connectivity index is 1.89. The van der Waals surface area contributed by atoms with Crippen molar-refractivity contribution in [1.82, 2.24) is 5.32 Å². The summed E-state index contributed by atoms with van der Waals surface area (Å²) in [6.07, 6.45) is 0.160. The lowest BCUT2D eigenvalue weighted by Gasteiger charge is -2.14. The lowest BCUT2D eigenvalue weighted by molar-refractivity contribution is -0.139. The third kappa shape index (κ3) is 5.67. The highest BCUT2D eigenvalue weighted by Gasteiger charge is 2.20. The highest BCUT2D eigenvalue weighted by atomic mass is 32.2. The second-order valence-electron chi connectivity index (χ2n) is 4.97. The zero-order chi connectivity index (χ0) is 16.7. The Bertz CT molecular complexity index is 658. The Morgan fingerprint density at radius 1 is 1.00 bits per heavy atom. The monoisotopic (exact) mass is 331 g/mol. The van der Waals surface area contributed by atoms with Crippen molar-refractivity contribution < 1.29 is 19.8 Å². The quantitative estimate of drug-likeness (QED) is 0.757. The van der Waals surface area contributed by atoms with Gasteiger partial charge in [-0.2, -0.15) is 0 Å². The van der Waals surface area contributed by atoms with Crippen LogP contribution in [0.25, 0.3) is 0 Å². The normalized spacial score (nSPS) is 11.7. The van der Waals surface area contributed by atoms with E-state index in [9.17, 15) is 19.8 Å². The van der Waals surface area contributed by atoms with Crippen molar-refractivity contribution in [2.45, 2.75) is 18.2 Å². The summed E-state index contributed by atoms with van der Waals surface area (Å²) < 4.78 is 0. The van der Waals surface area contributed by atoms with E-state index in [1.807, 2.05) is 30.3 Å². The van der Waals surface area contributed by atoms with Gasteiger partial charge in [-0.3, -0.25) is 4.79 Å². The number of aliphatic carboxylic acids is 1. The Morgan fingerprint density at radius 2 is 1.65 bits per heavy atom. The van der Waals surface area contributed by atoms with Gasteiger partial charge in [-0.1, -0.05) is 54.2 Å². The minimum absolute atomic E-state index is 0.114. The smallest absolute Gasteiger partial charge is 0.326 e. The molecule has 0 spiro atoms. The van der Waals surface area contributed by atoms with E-state index in [-0.39, 0.29) is 17.4 Å². The van der Waals surface area contributed by atoms with Crippen LogP contribution in [0.3, 0.4) is 0 Å². The Morgan fingerprint density at radius 3 is 2.26 bits per heavy atom. The van der Waals surface area contributed by atoms with Crippen LogP contribution in [0.5, 0.6) is 5.75 Å². The standard InChI is InChI=1S/C17H17NO4S/c19-14-8-6-12(7-9-14)10-15(16(20)21)18-17(22)23-11-13-4-2-1-3-5-13/h1-9,15,19H,10-11H2,(H,18,22)(H,20,21). The molecule has 6 heteroatoms. The molecule has 0 saturated heterocycles. The van der Waals surface area contributed by atoms with E-state index in [4.69, 9.17) is 0 Å². The van der Waals surface area contributed by atoms with E-state index in [2.05, 4.69) is 5.32 Å². The summed E-state index contributed by atoms with van der Waals surface area (Å²) in [4.78, 5) is 23.2. The third-order valence-electron chi connectivity index (χ3n) is 3.18. The fraction of sp³-hybridized carbons (Fsp3) is 0.176. The molecule has 0 fully saturated rings. The summed E-state index contributed by atoms with van der Waals surface area (Å²) in [5.41, 5.74) is 1.72. The van der Waals surface area contributed by atoms with Crippen LogP contribution < -0.4 is 5.32 Å². The number of carbonyl (C=O) groups is 2. The highest BCUT2D eigenvalue weighted by molar-refractivity contribution is 8.12. The molecule has 120 valence electrons. The average molecular weight is 331 g/mol. The van der Waals surface area contributed by atoms with Crippen molar-refractivity contribution in [3.63, 3.8) is 0 Å². The number of phenols is 1. The molecule has 1 atom stereocenters. The van der Waals surface area contributed by atoms with Crippen LogP contribution >= 0.6 is 11.8 Å². The van der Waals surface area contributed by atoms with Gasteiger partial charge in [0.15, 0.2) is 0 Å². The van der Waals surface area contributed by atoms with Crippen LogP contribution in [0.4, 0.5) is 4.79 Å². The maximum atomic E-state index is 11.9. The number of phenolic OH excluding ortho intramolecular Hbond substituents is 1. The summed E-state index contributed by atoms with van der Waals surface area (Å²) in [5.74, 6) is -0.493. The van der Waals surface area contributed by atoms with Gasteiger partial charge >= 0.3 is 5.97 Å². The Hall–Kier alpha value is -2.47. The number of carboxylic acids is 1. The first kappa shape index (κ1) is 16.9. The highest BCUT2D eigenvalue weighted by Crippen LogP contribution is 2.15. The third-order valence-corrected chi connectivity index (χ3v) is 4.04. The van der Waals surface area contributed by atoms with E-state index in [1.165, 1.54) is 12.1 Å². The second-order valence-corrected chi connectivity index (χ2v) is 5.92. The van der Waals surface area contributed by atoms with Gasteiger partial charge in [-0.25, -0.2) is 4.79 Å². The molecule has 0 bridgehead atoms. The minimum atomic E-state index is -1.09. The fourth-order valence-electron chi connectivity index (χ4n) is 1.97. The van der Waals surface area contributed by atoms with Gasteiger partial charge in [-0.05, 0) is 23.3 Å². The molecule has 2 aromatic rings. The largest absolute Gasteiger partial charge is 0.508 e. The molecule has 2 rings (SSSR count). The topological polar surface area (TPSA) is 86.6 Å². The molecule has 3 N–H and O–H groups in total. The molecule has 0 heterocycles. The van der Waals surface area contributed by atoms with Gasteiger partial charge in [0.2, 0.25) is 0 Å². The number of hydrogen-bond donors (Lipinski definition) is 3. The number of thioether (sulfide) groups is 1. The predicted octanol–water partition coefficient (Wildman–Crippen LogP) is 3.03. The van der Waals surface area contributed by atoms with Gasteiger partial charge in [0.05, 0.1) is 0 Å². The van der Waals surface area contributed by atoms with Gasteiger partial charge in [0.1, 0.15) is 11.8 Å². The van der Waals surface area contributed by atoms with Gasteiger partial charge in [0.25, 0.3) is 5.24 Å². The molecule has 0 aliphatic rings. The van der Waals surface area contributed by atoms with Crippen molar-refractivity contribution in [1.29, 1.82) is 0 Å². The summed E-state index contributed by atoms with van der Waals surface area (Å²) in [6.45, 7) is 0. The molecular weight excluding hydrogens is 314 g/mol. The zero-order valence-corrected chi connectivity index (χ0v) is 13.1. The van der Waals surface area contributed by atoms with Crippen LogP contribution in [0.15, 0.2) is 54.6 Å².